The number of carbonyl (C=O) groups is 1. The van der Waals surface area contributed by atoms with Crippen LogP contribution in [0.3, 0.4) is 0 Å². The zero-order valence-corrected chi connectivity index (χ0v) is 15.9. The number of rotatable bonds is 8. The van der Waals surface area contributed by atoms with Crippen molar-refractivity contribution < 1.29 is 27.8 Å². The Labute approximate surface area is 168 Å². The van der Waals surface area contributed by atoms with Crippen molar-refractivity contribution in [3.8, 4) is 11.5 Å². The first-order chi connectivity index (χ1) is 14.0. The highest BCUT2D eigenvalue weighted by Gasteiger charge is 2.32. The lowest BCUT2D eigenvalue weighted by Crippen LogP contribution is -2.47. The molecule has 0 radical (unpaired) electrons. The Kier molecular flexibility index (Phi) is 7.24. The molecule has 0 spiro atoms. The van der Waals surface area contributed by atoms with Crippen LogP contribution >= 0.6 is 0 Å². The van der Waals surface area contributed by atoms with Crippen LogP contribution in [-0.4, -0.2) is 43.4 Å². The van der Waals surface area contributed by atoms with Gasteiger partial charge in [-0.25, -0.2) is 4.79 Å². The van der Waals surface area contributed by atoms with Gasteiger partial charge in [0, 0.05) is 25.6 Å². The number of halogens is 2. The number of alkyl halides is 2. The van der Waals surface area contributed by atoms with Gasteiger partial charge >= 0.3 is 12.7 Å². The smallest absolute Gasteiger partial charge is 0.404 e. The summed E-state index contributed by atoms with van der Waals surface area (Å²) in [7, 11) is 0. The fraction of sp³-hybridized carbons (Fsp3) is 0.381. The summed E-state index contributed by atoms with van der Waals surface area (Å²) >= 11 is 0. The summed E-state index contributed by atoms with van der Waals surface area (Å²) in [6, 6.07) is 16.1. The van der Waals surface area contributed by atoms with Gasteiger partial charge in [0.2, 0.25) is 0 Å². The number of hydrogen-bond donors (Lipinski definition) is 1. The second-order valence-electron chi connectivity index (χ2n) is 6.91. The minimum atomic E-state index is -2.87. The fourth-order valence-corrected chi connectivity index (χ4v) is 3.46. The Morgan fingerprint density at radius 1 is 1.10 bits per heavy atom. The van der Waals surface area contributed by atoms with E-state index < -0.39 is 12.7 Å². The van der Waals surface area contributed by atoms with Gasteiger partial charge in [0.05, 0.1) is 6.61 Å². The van der Waals surface area contributed by atoms with Crippen LogP contribution in [0, 0.1) is 5.92 Å². The lowest BCUT2D eigenvalue weighted by atomic mass is 9.94. The first kappa shape index (κ1) is 20.9. The number of primary amides is 1. The first-order valence-electron chi connectivity index (χ1n) is 9.39. The summed E-state index contributed by atoms with van der Waals surface area (Å²) in [5.41, 5.74) is 6.42. The Morgan fingerprint density at radius 2 is 1.79 bits per heavy atom. The van der Waals surface area contributed by atoms with Crippen molar-refractivity contribution in [3.05, 3.63) is 60.2 Å². The average molecular weight is 406 g/mol. The van der Waals surface area contributed by atoms with Crippen LogP contribution in [0.25, 0.3) is 0 Å². The molecular formula is C21H24F2N2O4. The first-order valence-corrected chi connectivity index (χ1v) is 9.39. The molecule has 0 saturated carbocycles. The molecule has 1 saturated heterocycles. The van der Waals surface area contributed by atoms with Gasteiger partial charge < -0.3 is 19.9 Å². The van der Waals surface area contributed by atoms with Crippen LogP contribution in [0.5, 0.6) is 11.5 Å². The van der Waals surface area contributed by atoms with E-state index >= 15 is 0 Å². The number of hydrogen-bond acceptors (Lipinski definition) is 5. The fourth-order valence-electron chi connectivity index (χ4n) is 3.46. The van der Waals surface area contributed by atoms with Gasteiger partial charge in [0.15, 0.2) is 0 Å². The molecule has 2 aromatic rings. The molecule has 1 fully saturated rings. The summed E-state index contributed by atoms with van der Waals surface area (Å²) < 4.78 is 39.9. The van der Waals surface area contributed by atoms with E-state index in [0.717, 1.165) is 13.1 Å². The Bertz CT molecular complexity index is 774. The molecule has 29 heavy (non-hydrogen) atoms. The standard InChI is InChI=1S/C21H24F2N2O4/c22-20(23)28-18-8-6-17(7-9-18)27-14-16-13-25(11-10-19(16)29-21(24)26)12-15-4-2-1-3-5-15/h1-9,16,19-20H,10-14H2,(H2,24,26). The van der Waals surface area contributed by atoms with E-state index in [1.54, 1.807) is 12.1 Å². The van der Waals surface area contributed by atoms with Crippen LogP contribution in [0.1, 0.15) is 12.0 Å². The van der Waals surface area contributed by atoms with Gasteiger partial charge in [-0.2, -0.15) is 8.78 Å². The number of carbonyl (C=O) groups excluding carboxylic acids is 1. The SMILES string of the molecule is NC(=O)OC1CCN(Cc2ccccc2)CC1COc1ccc(OC(F)F)cc1. The van der Waals surface area contributed by atoms with Crippen LogP contribution in [0.2, 0.25) is 0 Å². The van der Waals surface area contributed by atoms with Crippen molar-refractivity contribution in [1.82, 2.24) is 4.90 Å². The van der Waals surface area contributed by atoms with Gasteiger partial charge in [-0.3, -0.25) is 4.90 Å². The summed E-state index contributed by atoms with van der Waals surface area (Å²) in [4.78, 5) is 13.5. The lowest BCUT2D eigenvalue weighted by Gasteiger charge is -2.37. The maximum absolute atomic E-state index is 12.2. The highest BCUT2D eigenvalue weighted by atomic mass is 19.3. The van der Waals surface area contributed by atoms with Crippen molar-refractivity contribution >= 4 is 6.09 Å². The van der Waals surface area contributed by atoms with Crippen molar-refractivity contribution in [1.29, 1.82) is 0 Å². The molecule has 156 valence electrons. The van der Waals surface area contributed by atoms with Crippen LogP contribution in [0.4, 0.5) is 13.6 Å². The number of nitrogens with zero attached hydrogens (tertiary/aromatic N) is 1. The summed E-state index contributed by atoms with van der Waals surface area (Å²) in [6.07, 6.45) is -0.476. The van der Waals surface area contributed by atoms with Gasteiger partial charge in [0.25, 0.3) is 0 Å². The molecule has 2 N–H and O–H groups in total. The van der Waals surface area contributed by atoms with Crippen molar-refractivity contribution in [2.75, 3.05) is 19.7 Å². The van der Waals surface area contributed by atoms with Crippen LogP contribution in [0.15, 0.2) is 54.6 Å². The Morgan fingerprint density at radius 3 is 2.45 bits per heavy atom. The molecule has 2 aromatic carbocycles. The zero-order chi connectivity index (χ0) is 20.6. The minimum Gasteiger partial charge on any atom is -0.493 e. The Balaban J connectivity index is 1.59. The van der Waals surface area contributed by atoms with E-state index in [2.05, 4.69) is 21.8 Å². The van der Waals surface area contributed by atoms with Gasteiger partial charge in [0.1, 0.15) is 17.6 Å². The quantitative estimate of drug-likeness (QED) is 0.724. The van der Waals surface area contributed by atoms with E-state index in [0.29, 0.717) is 25.3 Å². The maximum atomic E-state index is 12.2. The van der Waals surface area contributed by atoms with Crippen LogP contribution in [-0.2, 0) is 11.3 Å². The molecule has 1 aliphatic rings. The third kappa shape index (κ3) is 6.60. The molecule has 0 aromatic heterocycles. The van der Waals surface area contributed by atoms with E-state index in [-0.39, 0.29) is 17.8 Å². The monoisotopic (exact) mass is 406 g/mol. The van der Waals surface area contributed by atoms with Crippen LogP contribution < -0.4 is 15.2 Å². The normalized spacial score (nSPS) is 19.7. The largest absolute Gasteiger partial charge is 0.493 e. The number of nitrogens with two attached hydrogens (primary N) is 1. The molecule has 0 aliphatic carbocycles. The predicted molar refractivity (Wildman–Crippen MR) is 103 cm³/mol. The number of piperidine rings is 1. The van der Waals surface area contributed by atoms with Crippen molar-refractivity contribution in [2.45, 2.75) is 25.7 Å². The molecule has 1 amide bonds. The van der Waals surface area contributed by atoms with Crippen molar-refractivity contribution in [3.63, 3.8) is 0 Å². The highest BCUT2D eigenvalue weighted by Crippen LogP contribution is 2.25. The average Bonchev–Trinajstić information content (AvgIpc) is 2.69. The highest BCUT2D eigenvalue weighted by molar-refractivity contribution is 5.64. The van der Waals surface area contributed by atoms with Gasteiger partial charge in [-0.1, -0.05) is 30.3 Å². The number of likely N-dealkylation sites (tertiary alicyclic amines) is 1. The number of amides is 1. The Hall–Kier alpha value is -2.87. The summed E-state index contributed by atoms with van der Waals surface area (Å²) in [5.74, 6) is 0.510. The number of benzene rings is 2. The number of ether oxygens (including phenoxy) is 3. The van der Waals surface area contributed by atoms with Gasteiger partial charge in [-0.15, -0.1) is 0 Å². The molecule has 2 unspecified atom stereocenters. The van der Waals surface area contributed by atoms with E-state index in [4.69, 9.17) is 15.2 Å². The van der Waals surface area contributed by atoms with E-state index in [9.17, 15) is 13.6 Å². The third-order valence-electron chi connectivity index (χ3n) is 4.78. The van der Waals surface area contributed by atoms with E-state index in [1.807, 2.05) is 18.2 Å². The molecule has 3 rings (SSSR count). The summed E-state index contributed by atoms with van der Waals surface area (Å²) in [5, 5.41) is 0. The molecule has 6 nitrogen and oxygen atoms in total. The second kappa shape index (κ2) is 10.1. The van der Waals surface area contributed by atoms with Gasteiger partial charge in [-0.05, 0) is 36.2 Å². The summed E-state index contributed by atoms with van der Waals surface area (Å²) in [6.45, 7) is -0.313. The molecule has 8 heteroatoms. The van der Waals surface area contributed by atoms with Crippen molar-refractivity contribution in [2.24, 2.45) is 11.7 Å². The zero-order valence-electron chi connectivity index (χ0n) is 15.9. The molecule has 1 heterocycles. The maximum Gasteiger partial charge on any atom is 0.404 e. The topological polar surface area (TPSA) is 74.0 Å². The van der Waals surface area contributed by atoms with E-state index in [1.165, 1.54) is 17.7 Å². The molecular weight excluding hydrogens is 382 g/mol. The molecule has 2 atom stereocenters. The predicted octanol–water partition coefficient (Wildman–Crippen LogP) is 3.65. The second-order valence-corrected chi connectivity index (χ2v) is 6.91. The third-order valence-corrected chi connectivity index (χ3v) is 4.78. The lowest BCUT2D eigenvalue weighted by molar-refractivity contribution is -0.0499. The molecule has 0 bridgehead atoms. The minimum absolute atomic E-state index is 0.0639. The molecule has 1 aliphatic heterocycles.